The van der Waals surface area contributed by atoms with Crippen molar-refractivity contribution in [2.75, 3.05) is 0 Å². The molecule has 0 aliphatic carbocycles. The van der Waals surface area contributed by atoms with Crippen molar-refractivity contribution in [3.8, 4) is 0 Å². The van der Waals surface area contributed by atoms with Gasteiger partial charge in [0, 0.05) is 6.04 Å². The molecular weight excluding hydrogens is 410 g/mol. The Labute approximate surface area is 178 Å². The maximum atomic E-state index is 13.7. The van der Waals surface area contributed by atoms with Gasteiger partial charge in [-0.1, -0.05) is 42.0 Å². The van der Waals surface area contributed by atoms with Crippen molar-refractivity contribution in [1.82, 2.24) is 4.90 Å². The molecule has 31 heavy (non-hydrogen) atoms. The number of carbonyl (C=O) groups is 1. The second-order valence-corrected chi connectivity index (χ2v) is 8.15. The quantitative estimate of drug-likeness (QED) is 0.420. The van der Waals surface area contributed by atoms with E-state index in [2.05, 4.69) is 0 Å². The van der Waals surface area contributed by atoms with E-state index in [0.717, 1.165) is 42.5 Å². The number of alkyl halides is 3. The lowest BCUT2D eigenvalue weighted by Crippen LogP contribution is -2.52. The predicted octanol–water partition coefficient (Wildman–Crippen LogP) is 6.28. The van der Waals surface area contributed by atoms with Crippen molar-refractivity contribution in [2.45, 2.75) is 57.0 Å². The van der Waals surface area contributed by atoms with Crippen molar-refractivity contribution < 1.29 is 27.1 Å². The Bertz CT molecular complexity index is 971. The van der Waals surface area contributed by atoms with Crippen molar-refractivity contribution in [3.63, 3.8) is 0 Å². The average molecular weight is 433 g/mol. The molecule has 3 nitrogen and oxygen atoms in total. The predicted molar refractivity (Wildman–Crippen MR) is 108 cm³/mol. The molecule has 2 aliphatic rings. The van der Waals surface area contributed by atoms with Crippen LogP contribution in [0.2, 0.25) is 0 Å². The van der Waals surface area contributed by atoms with E-state index in [1.165, 1.54) is 0 Å². The van der Waals surface area contributed by atoms with Gasteiger partial charge in [0.1, 0.15) is 12.4 Å². The van der Waals surface area contributed by atoms with Crippen LogP contribution in [-0.4, -0.2) is 23.1 Å². The van der Waals surface area contributed by atoms with Crippen LogP contribution in [-0.2, 0) is 23.9 Å². The van der Waals surface area contributed by atoms with Gasteiger partial charge in [-0.15, -0.1) is 0 Å². The number of ether oxygens (including phenoxy) is 1. The Morgan fingerprint density at radius 2 is 1.84 bits per heavy atom. The fourth-order valence-corrected chi connectivity index (χ4v) is 4.51. The molecule has 0 spiro atoms. The van der Waals surface area contributed by atoms with Gasteiger partial charge in [0.05, 0.1) is 11.6 Å². The Hall–Kier alpha value is -2.83. The third kappa shape index (κ3) is 5.09. The Morgan fingerprint density at radius 3 is 2.55 bits per heavy atom. The molecule has 1 saturated heterocycles. The monoisotopic (exact) mass is 433 g/mol. The lowest BCUT2D eigenvalue weighted by molar-refractivity contribution is -0.137. The Kier molecular flexibility index (Phi) is 6.03. The molecule has 0 N–H and O–H groups in total. The molecule has 2 bridgehead atoms. The third-order valence-electron chi connectivity index (χ3n) is 5.85. The zero-order valence-corrected chi connectivity index (χ0v) is 16.9. The van der Waals surface area contributed by atoms with E-state index < -0.39 is 17.6 Å². The summed E-state index contributed by atoms with van der Waals surface area (Å²) in [5, 5.41) is 0. The van der Waals surface area contributed by atoms with Crippen molar-refractivity contribution in [3.05, 3.63) is 82.7 Å². The number of hydrogen-bond donors (Lipinski definition) is 0. The minimum Gasteiger partial charge on any atom is -0.445 e. The third-order valence-corrected chi connectivity index (χ3v) is 5.85. The first-order chi connectivity index (χ1) is 14.8. The van der Waals surface area contributed by atoms with Crippen LogP contribution < -0.4 is 0 Å². The number of rotatable bonds is 4. The number of nitrogens with zero attached hydrogens (tertiary/aromatic N) is 1. The molecule has 2 aromatic rings. The second-order valence-electron chi connectivity index (χ2n) is 8.15. The van der Waals surface area contributed by atoms with Crippen LogP contribution in [0.15, 0.2) is 60.2 Å². The summed E-state index contributed by atoms with van der Waals surface area (Å²) in [5.74, 6) is -0.896. The van der Waals surface area contributed by atoms with Gasteiger partial charge in [-0.3, -0.25) is 4.90 Å². The molecule has 0 radical (unpaired) electrons. The highest BCUT2D eigenvalue weighted by molar-refractivity contribution is 5.69. The molecule has 7 heteroatoms. The zero-order valence-electron chi connectivity index (χ0n) is 16.9. The van der Waals surface area contributed by atoms with Crippen LogP contribution >= 0.6 is 0 Å². The molecule has 2 aromatic carbocycles. The van der Waals surface area contributed by atoms with Crippen LogP contribution in [0.4, 0.5) is 22.4 Å². The molecule has 0 saturated carbocycles. The van der Waals surface area contributed by atoms with E-state index in [9.17, 15) is 22.4 Å². The van der Waals surface area contributed by atoms with E-state index in [1.54, 1.807) is 4.90 Å². The first-order valence-electron chi connectivity index (χ1n) is 10.3. The minimum absolute atomic E-state index is 0.0577. The smallest absolute Gasteiger partial charge is 0.416 e. The normalized spacial score (nSPS) is 20.9. The maximum absolute atomic E-state index is 13.7. The van der Waals surface area contributed by atoms with E-state index in [0.29, 0.717) is 12.5 Å². The summed E-state index contributed by atoms with van der Waals surface area (Å²) in [6, 6.07) is 11.9. The van der Waals surface area contributed by atoms with E-state index in [4.69, 9.17) is 4.74 Å². The Morgan fingerprint density at radius 1 is 1.06 bits per heavy atom. The number of amides is 1. The summed E-state index contributed by atoms with van der Waals surface area (Å²) in [5.41, 5.74) is 1.14. The summed E-state index contributed by atoms with van der Waals surface area (Å²) in [6.45, 7) is 0.190. The fourth-order valence-electron chi connectivity index (χ4n) is 4.51. The molecule has 2 atom stereocenters. The van der Waals surface area contributed by atoms with Gasteiger partial charge in [-0.25, -0.2) is 9.18 Å². The highest BCUT2D eigenvalue weighted by atomic mass is 19.4. The summed E-state index contributed by atoms with van der Waals surface area (Å²) in [6.07, 6.45) is 0.322. The van der Waals surface area contributed by atoms with Gasteiger partial charge in [0.25, 0.3) is 0 Å². The van der Waals surface area contributed by atoms with Crippen LogP contribution in [0.1, 0.15) is 42.4 Å². The van der Waals surface area contributed by atoms with Gasteiger partial charge in [0.15, 0.2) is 0 Å². The molecule has 2 heterocycles. The topological polar surface area (TPSA) is 29.5 Å². The molecule has 1 amide bonds. The fraction of sp³-hybridized carbons (Fsp3) is 0.375. The SMILES string of the molecule is O=C(OCc1ccccc1)N1C2C=C(Cc3cc(F)cc(C(F)(F)F)c3)CC1CCC2. The van der Waals surface area contributed by atoms with E-state index >= 15 is 0 Å². The molecule has 1 fully saturated rings. The highest BCUT2D eigenvalue weighted by Crippen LogP contribution is 2.36. The summed E-state index contributed by atoms with van der Waals surface area (Å²) < 4.78 is 58.3. The van der Waals surface area contributed by atoms with Crippen molar-refractivity contribution in [2.24, 2.45) is 0 Å². The van der Waals surface area contributed by atoms with Crippen LogP contribution in [0, 0.1) is 5.82 Å². The van der Waals surface area contributed by atoms with E-state index in [-0.39, 0.29) is 36.8 Å². The number of benzene rings is 2. The van der Waals surface area contributed by atoms with Gasteiger partial charge in [-0.05, 0) is 61.4 Å². The molecule has 164 valence electrons. The number of piperidine rings is 1. The molecular formula is C24H23F4NO2. The maximum Gasteiger partial charge on any atom is 0.416 e. The van der Waals surface area contributed by atoms with Crippen LogP contribution in [0.3, 0.4) is 0 Å². The van der Waals surface area contributed by atoms with Gasteiger partial charge >= 0.3 is 12.3 Å². The summed E-state index contributed by atoms with van der Waals surface area (Å²) >= 11 is 0. The summed E-state index contributed by atoms with van der Waals surface area (Å²) in [7, 11) is 0. The van der Waals surface area contributed by atoms with Gasteiger partial charge < -0.3 is 4.74 Å². The first-order valence-corrected chi connectivity index (χ1v) is 10.3. The second kappa shape index (κ2) is 8.73. The van der Waals surface area contributed by atoms with Gasteiger partial charge in [0.2, 0.25) is 0 Å². The lowest BCUT2D eigenvalue weighted by Gasteiger charge is -2.44. The largest absolute Gasteiger partial charge is 0.445 e. The van der Waals surface area contributed by atoms with Crippen molar-refractivity contribution >= 4 is 6.09 Å². The molecule has 2 aliphatic heterocycles. The van der Waals surface area contributed by atoms with Crippen LogP contribution in [0.25, 0.3) is 0 Å². The lowest BCUT2D eigenvalue weighted by atomic mass is 9.83. The van der Waals surface area contributed by atoms with Crippen LogP contribution in [0.5, 0.6) is 0 Å². The molecule has 2 unspecified atom stereocenters. The average Bonchev–Trinajstić information content (AvgIpc) is 2.71. The zero-order chi connectivity index (χ0) is 22.0. The standard InChI is InChI=1S/C24H23F4NO2/c25-20-11-17(10-19(14-20)24(26,27)28)9-18-12-21-7-4-8-22(13-18)29(21)23(30)31-15-16-5-2-1-3-6-16/h1-3,5-6,10-12,14,21-22H,4,7-9,13,15H2. The number of carbonyl (C=O) groups excluding carboxylic acids is 1. The van der Waals surface area contributed by atoms with Crippen molar-refractivity contribution in [1.29, 1.82) is 0 Å². The van der Waals surface area contributed by atoms with E-state index in [1.807, 2.05) is 36.4 Å². The number of fused-ring (bicyclic) bond motifs is 2. The highest BCUT2D eigenvalue weighted by Gasteiger charge is 2.38. The summed E-state index contributed by atoms with van der Waals surface area (Å²) in [4.78, 5) is 14.5. The minimum atomic E-state index is -4.59. The molecule has 4 rings (SSSR count). The number of hydrogen-bond acceptors (Lipinski definition) is 2. The number of halogens is 4. The Balaban J connectivity index is 1.47. The molecule has 0 aromatic heterocycles. The van der Waals surface area contributed by atoms with Gasteiger partial charge in [-0.2, -0.15) is 13.2 Å². The first kappa shape index (κ1) is 21.4.